The second-order valence-corrected chi connectivity index (χ2v) is 8.79. The molecule has 0 aromatic heterocycles. The minimum absolute atomic E-state index is 0.361. The topological polar surface area (TPSA) is 46.9 Å². The van der Waals surface area contributed by atoms with Gasteiger partial charge < -0.3 is 20.0 Å². The van der Waals surface area contributed by atoms with Gasteiger partial charge >= 0.3 is 0 Å². The van der Waals surface area contributed by atoms with Crippen LogP contribution in [0.5, 0.6) is 0 Å². The smallest absolute Gasteiger partial charge is 0.0433 e. The summed E-state index contributed by atoms with van der Waals surface area (Å²) >= 11 is 2.11. The minimum Gasteiger partial charge on any atom is -0.396 e. The lowest BCUT2D eigenvalue weighted by molar-refractivity contribution is 0.159. The molecule has 5 heteroatoms. The highest BCUT2D eigenvalue weighted by molar-refractivity contribution is 7.99. The number of rotatable bonds is 11. The number of thioether (sulfide) groups is 1. The van der Waals surface area contributed by atoms with Crippen molar-refractivity contribution < 1.29 is 10.2 Å². The van der Waals surface area contributed by atoms with Crippen LogP contribution in [0.3, 0.4) is 0 Å². The van der Waals surface area contributed by atoms with Gasteiger partial charge in [-0.05, 0) is 95.3 Å². The lowest BCUT2D eigenvalue weighted by Gasteiger charge is -2.32. The Morgan fingerprint density at radius 2 is 1.21 bits per heavy atom. The van der Waals surface area contributed by atoms with Crippen molar-refractivity contribution in [3.63, 3.8) is 0 Å². The molecule has 24 heavy (non-hydrogen) atoms. The summed E-state index contributed by atoms with van der Waals surface area (Å²) in [7, 11) is 0. The zero-order valence-corrected chi connectivity index (χ0v) is 16.2. The van der Waals surface area contributed by atoms with Gasteiger partial charge in [-0.3, -0.25) is 0 Å². The average molecular weight is 359 g/mol. The van der Waals surface area contributed by atoms with Crippen molar-refractivity contribution in [2.45, 2.75) is 44.9 Å². The van der Waals surface area contributed by atoms with E-state index in [0.717, 1.165) is 24.7 Å². The van der Waals surface area contributed by atoms with Crippen molar-refractivity contribution in [2.24, 2.45) is 11.8 Å². The van der Waals surface area contributed by atoms with E-state index < -0.39 is 0 Å². The highest BCUT2D eigenvalue weighted by Gasteiger charge is 2.19. The Morgan fingerprint density at radius 3 is 1.71 bits per heavy atom. The predicted molar refractivity (Wildman–Crippen MR) is 104 cm³/mol. The first-order chi connectivity index (χ1) is 11.8. The summed E-state index contributed by atoms with van der Waals surface area (Å²) in [5.41, 5.74) is 0. The lowest BCUT2D eigenvalue weighted by Crippen LogP contribution is -2.35. The summed E-state index contributed by atoms with van der Waals surface area (Å²) in [6.45, 7) is 8.15. The van der Waals surface area contributed by atoms with Gasteiger partial charge in [0, 0.05) is 25.5 Å². The monoisotopic (exact) mass is 358 g/mol. The maximum Gasteiger partial charge on any atom is 0.0433 e. The lowest BCUT2D eigenvalue weighted by atomic mass is 9.94. The van der Waals surface area contributed by atoms with Crippen LogP contribution in [-0.2, 0) is 0 Å². The molecule has 2 aliphatic rings. The van der Waals surface area contributed by atoms with E-state index in [1.54, 1.807) is 0 Å². The van der Waals surface area contributed by atoms with Crippen molar-refractivity contribution in [1.82, 2.24) is 9.80 Å². The third-order valence-electron chi connectivity index (χ3n) is 5.80. The molecule has 0 aliphatic carbocycles. The van der Waals surface area contributed by atoms with Crippen LogP contribution in [0.15, 0.2) is 0 Å². The number of piperidine rings is 2. The highest BCUT2D eigenvalue weighted by Crippen LogP contribution is 2.21. The van der Waals surface area contributed by atoms with Crippen LogP contribution in [0, 0.1) is 11.8 Å². The minimum atomic E-state index is 0.361. The molecule has 0 bridgehead atoms. The molecule has 4 nitrogen and oxygen atoms in total. The molecular weight excluding hydrogens is 320 g/mol. The molecule has 2 rings (SSSR count). The summed E-state index contributed by atoms with van der Waals surface area (Å²) in [4.78, 5) is 5.22. The molecule has 0 aromatic rings. The Kier molecular flexibility index (Phi) is 10.7. The van der Waals surface area contributed by atoms with E-state index in [9.17, 15) is 0 Å². The molecule has 0 radical (unpaired) electrons. The summed E-state index contributed by atoms with van der Waals surface area (Å²) < 4.78 is 0. The second-order valence-electron chi connectivity index (χ2n) is 7.56. The van der Waals surface area contributed by atoms with Gasteiger partial charge in [0.25, 0.3) is 0 Å². The molecular formula is C19H38N2O2S. The Labute approximate surface area is 153 Å². The van der Waals surface area contributed by atoms with E-state index in [4.69, 9.17) is 10.2 Å². The van der Waals surface area contributed by atoms with Crippen LogP contribution in [0.1, 0.15) is 44.9 Å². The Bertz CT molecular complexity index is 274. The number of hydrogen-bond donors (Lipinski definition) is 2. The van der Waals surface area contributed by atoms with Crippen molar-refractivity contribution in [3.8, 4) is 0 Å². The van der Waals surface area contributed by atoms with Gasteiger partial charge in [0.1, 0.15) is 0 Å². The summed E-state index contributed by atoms with van der Waals surface area (Å²) in [6, 6.07) is 0. The Balaban J connectivity index is 1.40. The predicted octanol–water partition coefficient (Wildman–Crippen LogP) is 2.30. The standard InChI is InChI=1S/C19H38N2O2S/c22-14-6-18-2-9-20(10-3-18)8-1-16-24-17-13-21-11-4-19(5-12-21)7-15-23/h18-19,22-23H,1-17H2. The average Bonchev–Trinajstić information content (AvgIpc) is 2.61. The fourth-order valence-electron chi connectivity index (χ4n) is 4.05. The Hall–Kier alpha value is 0.190. The normalized spacial score (nSPS) is 22.2. The van der Waals surface area contributed by atoms with E-state index in [1.807, 2.05) is 0 Å². The van der Waals surface area contributed by atoms with Crippen LogP contribution < -0.4 is 0 Å². The van der Waals surface area contributed by atoms with E-state index in [1.165, 1.54) is 82.9 Å². The van der Waals surface area contributed by atoms with Crippen molar-refractivity contribution in [1.29, 1.82) is 0 Å². The molecule has 0 spiro atoms. The molecule has 2 heterocycles. The zero-order valence-electron chi connectivity index (χ0n) is 15.4. The number of nitrogens with zero attached hydrogens (tertiary/aromatic N) is 2. The molecule has 142 valence electrons. The molecule has 0 amide bonds. The molecule has 0 atom stereocenters. The van der Waals surface area contributed by atoms with Crippen LogP contribution >= 0.6 is 11.8 Å². The molecule has 0 unspecified atom stereocenters. The first-order valence-corrected chi connectivity index (χ1v) is 11.2. The van der Waals surface area contributed by atoms with Gasteiger partial charge in [-0.2, -0.15) is 11.8 Å². The van der Waals surface area contributed by atoms with E-state index in [0.29, 0.717) is 13.2 Å². The first-order valence-electron chi connectivity index (χ1n) is 10.1. The highest BCUT2D eigenvalue weighted by atomic mass is 32.2. The third kappa shape index (κ3) is 8.05. The second kappa shape index (κ2) is 12.5. The molecule has 2 saturated heterocycles. The number of aliphatic hydroxyl groups is 2. The maximum absolute atomic E-state index is 9.01. The van der Waals surface area contributed by atoms with Crippen molar-refractivity contribution >= 4 is 11.8 Å². The Morgan fingerprint density at radius 1 is 0.708 bits per heavy atom. The van der Waals surface area contributed by atoms with Crippen LogP contribution in [0.2, 0.25) is 0 Å². The maximum atomic E-state index is 9.01. The fraction of sp³-hybridized carbons (Fsp3) is 1.00. The molecule has 2 aliphatic heterocycles. The van der Waals surface area contributed by atoms with E-state index in [-0.39, 0.29) is 0 Å². The summed E-state index contributed by atoms with van der Waals surface area (Å²) in [5.74, 6) is 4.09. The number of aliphatic hydroxyl groups excluding tert-OH is 2. The third-order valence-corrected chi connectivity index (χ3v) is 6.85. The van der Waals surface area contributed by atoms with Gasteiger partial charge in [-0.1, -0.05) is 0 Å². The van der Waals surface area contributed by atoms with E-state index in [2.05, 4.69) is 21.6 Å². The van der Waals surface area contributed by atoms with Crippen molar-refractivity contribution in [3.05, 3.63) is 0 Å². The van der Waals surface area contributed by atoms with Crippen LogP contribution in [0.25, 0.3) is 0 Å². The van der Waals surface area contributed by atoms with Gasteiger partial charge in [-0.25, -0.2) is 0 Å². The van der Waals surface area contributed by atoms with Gasteiger partial charge in [0.2, 0.25) is 0 Å². The fourth-order valence-corrected chi connectivity index (χ4v) is 4.97. The molecule has 0 aromatic carbocycles. The largest absolute Gasteiger partial charge is 0.396 e. The van der Waals surface area contributed by atoms with E-state index >= 15 is 0 Å². The zero-order chi connectivity index (χ0) is 17.0. The molecule has 2 N–H and O–H groups in total. The van der Waals surface area contributed by atoms with Gasteiger partial charge in [0.15, 0.2) is 0 Å². The van der Waals surface area contributed by atoms with Gasteiger partial charge in [0.05, 0.1) is 0 Å². The van der Waals surface area contributed by atoms with Gasteiger partial charge in [-0.15, -0.1) is 0 Å². The van der Waals surface area contributed by atoms with Crippen LogP contribution in [-0.4, -0.2) is 84.0 Å². The quantitative estimate of drug-likeness (QED) is 0.555. The van der Waals surface area contributed by atoms with Crippen LogP contribution in [0.4, 0.5) is 0 Å². The molecule has 0 saturated carbocycles. The molecule has 2 fully saturated rings. The SMILES string of the molecule is OCCC1CCN(CCCSCCN2CCC(CCO)CC2)CC1. The summed E-state index contributed by atoms with van der Waals surface area (Å²) in [6.07, 6.45) is 8.42. The number of hydrogen-bond acceptors (Lipinski definition) is 5. The van der Waals surface area contributed by atoms with Crippen molar-refractivity contribution in [2.75, 3.05) is 64.0 Å². The summed E-state index contributed by atoms with van der Waals surface area (Å²) in [5, 5.41) is 18.0. The number of likely N-dealkylation sites (tertiary alicyclic amines) is 2. The first kappa shape index (κ1) is 20.5.